The van der Waals surface area contributed by atoms with E-state index in [0.29, 0.717) is 33.2 Å². The van der Waals surface area contributed by atoms with E-state index in [1.807, 2.05) is 24.5 Å². The fraction of sp³-hybridized carbons (Fsp3) is 0.167. The summed E-state index contributed by atoms with van der Waals surface area (Å²) >= 11 is 7.58. The molecular formula is C18H15ClN2O3S. The zero-order valence-corrected chi connectivity index (χ0v) is 15.2. The maximum atomic E-state index is 12.9. The summed E-state index contributed by atoms with van der Waals surface area (Å²) < 4.78 is 6.31. The maximum absolute atomic E-state index is 12.9. The van der Waals surface area contributed by atoms with Crippen molar-refractivity contribution in [3.8, 4) is 0 Å². The summed E-state index contributed by atoms with van der Waals surface area (Å²) in [6, 6.07) is 12.1. The van der Waals surface area contributed by atoms with Gasteiger partial charge in [-0.15, -0.1) is 0 Å². The van der Waals surface area contributed by atoms with Crippen molar-refractivity contribution in [2.24, 2.45) is 0 Å². The third kappa shape index (κ3) is 3.41. The Hall–Kier alpha value is -2.31. The summed E-state index contributed by atoms with van der Waals surface area (Å²) in [6.07, 6.45) is 1.85. The van der Waals surface area contributed by atoms with Crippen LogP contribution in [0.25, 0.3) is 10.9 Å². The first-order valence-electron chi connectivity index (χ1n) is 7.45. The average Bonchev–Trinajstić information content (AvgIpc) is 2.64. The van der Waals surface area contributed by atoms with Crippen molar-refractivity contribution in [3.63, 3.8) is 0 Å². The average molecular weight is 375 g/mol. The molecule has 0 atom stereocenters. The molecule has 0 N–H and O–H groups in total. The number of esters is 1. The molecule has 3 rings (SSSR count). The lowest BCUT2D eigenvalue weighted by atomic mass is 10.1. The molecule has 0 saturated carbocycles. The minimum Gasteiger partial charge on any atom is -0.465 e. The molecule has 0 saturated heterocycles. The highest BCUT2D eigenvalue weighted by Gasteiger charge is 2.14. The van der Waals surface area contributed by atoms with Crippen molar-refractivity contribution < 1.29 is 9.53 Å². The lowest BCUT2D eigenvalue weighted by Gasteiger charge is -2.13. The van der Waals surface area contributed by atoms with Gasteiger partial charge in [-0.05, 0) is 36.1 Å². The smallest absolute Gasteiger partial charge is 0.337 e. The second kappa shape index (κ2) is 7.29. The topological polar surface area (TPSA) is 61.2 Å². The van der Waals surface area contributed by atoms with Gasteiger partial charge >= 0.3 is 5.97 Å². The summed E-state index contributed by atoms with van der Waals surface area (Å²) in [7, 11) is 1.31. The Labute approximate surface area is 153 Å². The zero-order chi connectivity index (χ0) is 18.0. The molecule has 0 spiro atoms. The van der Waals surface area contributed by atoms with Gasteiger partial charge in [0.05, 0.1) is 30.1 Å². The molecule has 0 amide bonds. The number of benzene rings is 2. The van der Waals surface area contributed by atoms with Crippen LogP contribution in [0, 0.1) is 0 Å². The molecule has 0 aliphatic heterocycles. The number of carbonyl (C=O) groups excluding carboxylic acids is 1. The van der Waals surface area contributed by atoms with Gasteiger partial charge in [-0.2, -0.15) is 0 Å². The van der Waals surface area contributed by atoms with E-state index >= 15 is 0 Å². The lowest BCUT2D eigenvalue weighted by Crippen LogP contribution is -2.24. The molecule has 128 valence electrons. The maximum Gasteiger partial charge on any atom is 0.337 e. The molecule has 0 fully saturated rings. The molecule has 0 bridgehead atoms. The number of hydrogen-bond donors (Lipinski definition) is 0. The van der Waals surface area contributed by atoms with Crippen LogP contribution in [0.1, 0.15) is 15.9 Å². The van der Waals surface area contributed by atoms with Crippen LogP contribution >= 0.6 is 23.4 Å². The SMILES string of the molecule is COC(=O)c1ccc2c(=O)n(Cc3ccccc3Cl)c(SC)nc2c1. The highest BCUT2D eigenvalue weighted by molar-refractivity contribution is 7.98. The minimum absolute atomic E-state index is 0.175. The molecular weight excluding hydrogens is 360 g/mol. The first kappa shape index (κ1) is 17.5. The van der Waals surface area contributed by atoms with Gasteiger partial charge in [-0.1, -0.05) is 41.6 Å². The third-order valence-corrected chi connectivity index (χ3v) is 4.86. The number of ether oxygens (including phenoxy) is 1. The van der Waals surface area contributed by atoms with Gasteiger partial charge in [-0.3, -0.25) is 9.36 Å². The molecule has 0 unspecified atom stereocenters. The van der Waals surface area contributed by atoms with Crippen LogP contribution in [0.15, 0.2) is 52.4 Å². The summed E-state index contributed by atoms with van der Waals surface area (Å²) in [5, 5.41) is 1.60. The van der Waals surface area contributed by atoms with E-state index in [2.05, 4.69) is 4.98 Å². The van der Waals surface area contributed by atoms with Crippen LogP contribution in [0.5, 0.6) is 0 Å². The highest BCUT2D eigenvalue weighted by atomic mass is 35.5. The van der Waals surface area contributed by atoms with Gasteiger partial charge in [0.25, 0.3) is 5.56 Å². The summed E-state index contributed by atoms with van der Waals surface area (Å²) in [4.78, 5) is 29.1. The number of thioether (sulfide) groups is 1. The van der Waals surface area contributed by atoms with Crippen LogP contribution in [-0.2, 0) is 11.3 Å². The summed E-state index contributed by atoms with van der Waals surface area (Å²) in [5.74, 6) is -0.463. The lowest BCUT2D eigenvalue weighted by molar-refractivity contribution is 0.0601. The minimum atomic E-state index is -0.463. The van der Waals surface area contributed by atoms with Gasteiger partial charge in [-0.25, -0.2) is 9.78 Å². The molecule has 1 heterocycles. The van der Waals surface area contributed by atoms with Gasteiger partial charge in [0.2, 0.25) is 0 Å². The molecule has 7 heteroatoms. The van der Waals surface area contributed by atoms with Crippen LogP contribution < -0.4 is 5.56 Å². The standard InChI is InChI=1S/C18H15ClN2O3S/c1-24-17(23)11-7-8-13-15(9-11)20-18(25-2)21(16(13)22)10-12-5-3-4-6-14(12)19/h3-9H,10H2,1-2H3. The molecule has 2 aromatic carbocycles. The Morgan fingerprint density at radius 2 is 2.04 bits per heavy atom. The largest absolute Gasteiger partial charge is 0.465 e. The van der Waals surface area contributed by atoms with E-state index in [9.17, 15) is 9.59 Å². The Balaban J connectivity index is 2.16. The number of nitrogens with zero attached hydrogens (tertiary/aromatic N) is 2. The van der Waals surface area contributed by atoms with E-state index in [1.54, 1.807) is 28.8 Å². The molecule has 0 aliphatic rings. The van der Waals surface area contributed by atoms with E-state index in [1.165, 1.54) is 18.9 Å². The van der Waals surface area contributed by atoms with E-state index in [0.717, 1.165) is 5.56 Å². The van der Waals surface area contributed by atoms with Crippen molar-refractivity contribution >= 4 is 40.2 Å². The second-order valence-corrected chi connectivity index (χ2v) is 6.49. The summed E-state index contributed by atoms with van der Waals surface area (Å²) in [5.41, 5.74) is 1.49. The van der Waals surface area contributed by atoms with Crippen molar-refractivity contribution in [3.05, 3.63) is 69.0 Å². The Kier molecular flexibility index (Phi) is 5.11. The van der Waals surface area contributed by atoms with Crippen LogP contribution in [0.4, 0.5) is 0 Å². The van der Waals surface area contributed by atoms with Gasteiger partial charge in [0, 0.05) is 5.02 Å². The molecule has 25 heavy (non-hydrogen) atoms. The van der Waals surface area contributed by atoms with Crippen LogP contribution in [0.3, 0.4) is 0 Å². The Morgan fingerprint density at radius 1 is 1.28 bits per heavy atom. The highest BCUT2D eigenvalue weighted by Crippen LogP contribution is 2.21. The van der Waals surface area contributed by atoms with Crippen molar-refractivity contribution in [1.82, 2.24) is 9.55 Å². The number of halogens is 1. The van der Waals surface area contributed by atoms with Crippen LogP contribution in [0.2, 0.25) is 5.02 Å². The number of rotatable bonds is 4. The normalized spacial score (nSPS) is 10.8. The van der Waals surface area contributed by atoms with Crippen molar-refractivity contribution in [2.45, 2.75) is 11.7 Å². The fourth-order valence-corrected chi connectivity index (χ4v) is 3.29. The van der Waals surface area contributed by atoms with E-state index in [4.69, 9.17) is 16.3 Å². The third-order valence-electron chi connectivity index (χ3n) is 3.81. The quantitative estimate of drug-likeness (QED) is 0.396. The zero-order valence-electron chi connectivity index (χ0n) is 13.7. The van der Waals surface area contributed by atoms with Crippen molar-refractivity contribution in [1.29, 1.82) is 0 Å². The molecule has 3 aromatic rings. The predicted octanol–water partition coefficient (Wildman–Crippen LogP) is 3.61. The fourth-order valence-electron chi connectivity index (χ4n) is 2.54. The number of aromatic nitrogens is 2. The Morgan fingerprint density at radius 3 is 2.72 bits per heavy atom. The predicted molar refractivity (Wildman–Crippen MR) is 99.7 cm³/mol. The van der Waals surface area contributed by atoms with Gasteiger partial charge in [0.15, 0.2) is 5.16 Å². The van der Waals surface area contributed by atoms with Gasteiger partial charge < -0.3 is 4.74 Å². The molecule has 0 radical (unpaired) electrons. The number of carbonyl (C=O) groups is 1. The van der Waals surface area contributed by atoms with E-state index in [-0.39, 0.29) is 5.56 Å². The van der Waals surface area contributed by atoms with Crippen LogP contribution in [-0.4, -0.2) is 28.9 Å². The first-order chi connectivity index (χ1) is 12.0. The van der Waals surface area contributed by atoms with E-state index < -0.39 is 5.97 Å². The first-order valence-corrected chi connectivity index (χ1v) is 9.05. The second-order valence-electron chi connectivity index (χ2n) is 5.30. The Bertz CT molecular complexity index is 1020. The number of methoxy groups -OCH3 is 1. The monoisotopic (exact) mass is 374 g/mol. The number of fused-ring (bicyclic) bond motifs is 1. The molecule has 0 aliphatic carbocycles. The van der Waals surface area contributed by atoms with Gasteiger partial charge in [0.1, 0.15) is 0 Å². The molecule has 5 nitrogen and oxygen atoms in total. The number of hydrogen-bond acceptors (Lipinski definition) is 5. The summed E-state index contributed by atoms with van der Waals surface area (Å²) in [6.45, 7) is 0.330. The molecule has 1 aromatic heterocycles. The van der Waals surface area contributed by atoms with Crippen molar-refractivity contribution in [2.75, 3.05) is 13.4 Å².